The second-order valence-corrected chi connectivity index (χ2v) is 6.15. The maximum absolute atomic E-state index is 9.50. The van der Waals surface area contributed by atoms with Gasteiger partial charge >= 0.3 is 0 Å². The first kappa shape index (κ1) is 34.6. The van der Waals surface area contributed by atoms with Gasteiger partial charge in [0.15, 0.2) is 0 Å². The van der Waals surface area contributed by atoms with Crippen molar-refractivity contribution in [3.8, 4) is 0 Å². The Morgan fingerprint density at radius 1 is 1.08 bits per heavy atom. The van der Waals surface area contributed by atoms with Crippen LogP contribution in [0.2, 0.25) is 0 Å². The molecule has 0 aromatic heterocycles. The summed E-state index contributed by atoms with van der Waals surface area (Å²) in [5.41, 5.74) is 7.82. The zero-order valence-corrected chi connectivity index (χ0v) is 17.3. The highest BCUT2D eigenvalue weighted by Crippen LogP contribution is 1.80. The first-order chi connectivity index (χ1) is 11.2. The van der Waals surface area contributed by atoms with Gasteiger partial charge in [-0.2, -0.15) is 4.91 Å². The first-order valence-corrected chi connectivity index (χ1v) is 7.95. The molecule has 10 nitrogen and oxygen atoms in total. The van der Waals surface area contributed by atoms with Crippen LogP contribution in [0.4, 0.5) is 0 Å². The molecule has 0 aromatic rings. The van der Waals surface area contributed by atoms with Crippen molar-refractivity contribution in [2.24, 2.45) is 16.1 Å². The van der Waals surface area contributed by atoms with Gasteiger partial charge in [0.1, 0.15) is 0 Å². The molecule has 0 atom stereocenters. The van der Waals surface area contributed by atoms with E-state index in [4.69, 9.17) is 16.1 Å². The third-order valence-corrected chi connectivity index (χ3v) is 1.09. The lowest BCUT2D eigenvalue weighted by Crippen LogP contribution is -2.16. The maximum Gasteiger partial charge on any atom is 0.207 e. The van der Waals surface area contributed by atoms with Crippen LogP contribution in [0.1, 0.15) is 69.2 Å². The van der Waals surface area contributed by atoms with Crippen LogP contribution < -0.4 is 11.2 Å². The van der Waals surface area contributed by atoms with E-state index in [1.807, 2.05) is 33.2 Å². The molecule has 0 aromatic carbocycles. The molecule has 0 fully saturated rings. The summed E-state index contributed by atoms with van der Waals surface area (Å²) in [6, 6.07) is 0.0509. The minimum atomic E-state index is -0.426. The molecule has 0 spiro atoms. The summed E-state index contributed by atoms with van der Waals surface area (Å²) in [5, 5.41) is 30.6. The zero-order valence-electron chi connectivity index (χ0n) is 17.3. The van der Waals surface area contributed by atoms with Crippen molar-refractivity contribution >= 4 is 5.71 Å². The molecule has 25 heavy (non-hydrogen) atoms. The molecule has 10 heteroatoms. The van der Waals surface area contributed by atoms with Crippen LogP contribution in [0.15, 0.2) is 10.3 Å². The molecule has 0 aliphatic carbocycles. The monoisotopic (exact) mass is 369 g/mol. The van der Waals surface area contributed by atoms with Crippen LogP contribution in [-0.4, -0.2) is 45.2 Å². The average molecular weight is 370 g/mol. The Morgan fingerprint density at radius 3 is 1.24 bits per heavy atom. The fourth-order valence-electron chi connectivity index (χ4n) is 0. The third kappa shape index (κ3) is 133. The van der Waals surface area contributed by atoms with Crippen LogP contribution in [0.25, 0.3) is 0 Å². The van der Waals surface area contributed by atoms with E-state index in [1.54, 1.807) is 41.5 Å². The van der Waals surface area contributed by atoms with E-state index in [1.165, 1.54) is 0 Å². The molecular weight excluding hydrogens is 330 g/mol. The molecule has 0 saturated heterocycles. The molecule has 0 heterocycles. The van der Waals surface area contributed by atoms with Gasteiger partial charge < -0.3 is 16.1 Å². The van der Waals surface area contributed by atoms with E-state index in [0.717, 1.165) is 0 Å². The van der Waals surface area contributed by atoms with E-state index in [-0.39, 0.29) is 17.0 Å². The third-order valence-electron chi connectivity index (χ3n) is 1.09. The second-order valence-electron chi connectivity index (χ2n) is 6.15. The summed E-state index contributed by atoms with van der Waals surface area (Å²) < 4.78 is 0. The van der Waals surface area contributed by atoms with E-state index in [0.29, 0.717) is 11.8 Å². The van der Waals surface area contributed by atoms with Gasteiger partial charge in [-0.15, -0.1) is 0 Å². The molecule has 0 radical (unpaired) electrons. The Bertz CT molecular complexity index is 302. The number of hydrogen-bond donors (Lipinski definition) is 4. The Morgan fingerprint density at radius 2 is 1.24 bits per heavy atom. The average Bonchev–Trinajstić information content (AvgIpc) is 2.48. The van der Waals surface area contributed by atoms with E-state index in [9.17, 15) is 15.0 Å². The van der Waals surface area contributed by atoms with Crippen LogP contribution in [0.3, 0.4) is 0 Å². The SMILES string of the molecule is CC(C)=NO.CC(C)N.CC(C)N=O.CC(C)NO.CC(C)[N+](=O)[O-]. The highest BCUT2D eigenvalue weighted by molar-refractivity contribution is 5.78. The number of nitro groups is 1. The van der Waals surface area contributed by atoms with Crippen molar-refractivity contribution < 1.29 is 15.3 Å². The van der Waals surface area contributed by atoms with Crippen molar-refractivity contribution in [1.82, 2.24) is 5.48 Å². The van der Waals surface area contributed by atoms with E-state index in [2.05, 4.69) is 10.3 Å². The van der Waals surface area contributed by atoms with Gasteiger partial charge in [-0.25, -0.2) is 5.48 Å². The number of oxime groups is 1. The summed E-state index contributed by atoms with van der Waals surface area (Å²) in [4.78, 5) is 18.4. The quantitative estimate of drug-likeness (QED) is 0.194. The van der Waals surface area contributed by atoms with Crippen molar-refractivity contribution in [3.05, 3.63) is 15.0 Å². The number of rotatable bonds is 3. The van der Waals surface area contributed by atoms with Crippen LogP contribution in [-0.2, 0) is 0 Å². The second kappa shape index (κ2) is 27.2. The van der Waals surface area contributed by atoms with Gasteiger partial charge in [0.05, 0.1) is 11.8 Å². The molecular formula is C15H39N5O5. The van der Waals surface area contributed by atoms with Crippen LogP contribution >= 0.6 is 0 Å². The van der Waals surface area contributed by atoms with Gasteiger partial charge in [0, 0.05) is 24.8 Å². The fourth-order valence-corrected chi connectivity index (χ4v) is 0. The van der Waals surface area contributed by atoms with Gasteiger partial charge in [0.2, 0.25) is 6.04 Å². The summed E-state index contributed by atoms with van der Waals surface area (Å²) in [6.07, 6.45) is 0. The number of nitrogens with one attached hydrogen (secondary N) is 1. The zero-order chi connectivity index (χ0) is 21.6. The van der Waals surface area contributed by atoms with Gasteiger partial charge in [-0.1, -0.05) is 24.2 Å². The number of nitrogens with zero attached hydrogens (tertiary/aromatic N) is 3. The minimum Gasteiger partial charge on any atom is -0.411 e. The standard InChI is InChI=1S/C3H7NO2.C3H9NO.2C3H7NO.C3H9N/c1-3(2)4(5)6;3*1-3(2)4-5;1-3(2)4/h3H,1-2H3;3-5H,1-2H3;5H,1-2H3;3H,1-2H3;3H,4H2,1-2H3. The summed E-state index contributed by atoms with van der Waals surface area (Å²) in [6.45, 7) is 17.6. The predicted octanol–water partition coefficient (Wildman–Crippen LogP) is 3.42. The lowest BCUT2D eigenvalue weighted by Gasteiger charge is -1.93. The number of nitrogens with two attached hydrogens (primary N) is 1. The fraction of sp³-hybridized carbons (Fsp3) is 0.933. The van der Waals surface area contributed by atoms with Crippen LogP contribution in [0.5, 0.6) is 0 Å². The molecule has 5 N–H and O–H groups in total. The first-order valence-electron chi connectivity index (χ1n) is 7.95. The lowest BCUT2D eigenvalue weighted by molar-refractivity contribution is -0.513. The Balaban J connectivity index is -0.0000000671. The highest BCUT2D eigenvalue weighted by Gasteiger charge is 1.99. The Kier molecular flexibility index (Phi) is 37.7. The molecule has 0 saturated carbocycles. The molecule has 0 aliphatic rings. The van der Waals surface area contributed by atoms with Crippen molar-refractivity contribution in [3.63, 3.8) is 0 Å². The van der Waals surface area contributed by atoms with Gasteiger partial charge in [-0.3, -0.25) is 10.1 Å². The Hall–Kier alpha value is -1.65. The smallest absolute Gasteiger partial charge is 0.207 e. The van der Waals surface area contributed by atoms with Crippen molar-refractivity contribution in [2.45, 2.75) is 93.4 Å². The lowest BCUT2D eigenvalue weighted by atomic mass is 10.4. The van der Waals surface area contributed by atoms with E-state index >= 15 is 0 Å². The summed E-state index contributed by atoms with van der Waals surface area (Å²) >= 11 is 0. The number of hydrogen-bond acceptors (Lipinski definition) is 9. The summed E-state index contributed by atoms with van der Waals surface area (Å²) in [5.74, 6) is 0. The van der Waals surface area contributed by atoms with Gasteiger partial charge in [-0.05, 0) is 47.6 Å². The minimum absolute atomic E-state index is 0.0463. The molecule has 0 aliphatic heterocycles. The topological polar surface area (TPSA) is 163 Å². The largest absolute Gasteiger partial charge is 0.411 e. The highest BCUT2D eigenvalue weighted by atomic mass is 16.6. The molecule has 0 bridgehead atoms. The van der Waals surface area contributed by atoms with Crippen molar-refractivity contribution in [2.75, 3.05) is 0 Å². The molecule has 0 unspecified atom stereocenters. The Labute approximate surface area is 152 Å². The van der Waals surface area contributed by atoms with E-state index < -0.39 is 6.04 Å². The number of hydroxylamine groups is 1. The maximum atomic E-state index is 9.50. The normalized spacial score (nSPS) is 8.64. The predicted molar refractivity (Wildman–Crippen MR) is 103 cm³/mol. The van der Waals surface area contributed by atoms with Gasteiger partial charge in [0.25, 0.3) is 0 Å². The van der Waals surface area contributed by atoms with Crippen molar-refractivity contribution in [1.29, 1.82) is 0 Å². The molecule has 0 rings (SSSR count). The molecule has 0 amide bonds. The van der Waals surface area contributed by atoms with Crippen LogP contribution in [0, 0.1) is 15.0 Å². The molecule has 154 valence electrons. The number of nitroso groups, excluding NO2 is 1. The summed E-state index contributed by atoms with van der Waals surface area (Å²) in [7, 11) is 0.